The number of amides is 1. The Bertz CT molecular complexity index is 1030. The van der Waals surface area contributed by atoms with Crippen molar-refractivity contribution in [3.63, 3.8) is 0 Å². The van der Waals surface area contributed by atoms with Crippen molar-refractivity contribution in [1.82, 2.24) is 24.3 Å². The SMILES string of the molecule is CCCCn1c(C2CCCCN2C(=O)O)nc2c(OCCCN(CC)CC)cc(OCCCN(CC)CC)cc21. The van der Waals surface area contributed by atoms with Gasteiger partial charge < -0.3 is 28.9 Å². The summed E-state index contributed by atoms with van der Waals surface area (Å²) in [7, 11) is 0. The van der Waals surface area contributed by atoms with E-state index in [0.717, 1.165) is 119 Å². The Morgan fingerprint density at radius 2 is 1.60 bits per heavy atom. The van der Waals surface area contributed by atoms with Crippen molar-refractivity contribution < 1.29 is 19.4 Å². The molecule has 0 aliphatic carbocycles. The Kier molecular flexibility index (Phi) is 13.3. The first-order valence-corrected chi connectivity index (χ1v) is 15.7. The molecule has 1 saturated heterocycles. The third kappa shape index (κ3) is 8.49. The molecule has 9 heteroatoms. The van der Waals surface area contributed by atoms with Gasteiger partial charge in [0.1, 0.15) is 17.1 Å². The molecule has 0 bridgehead atoms. The molecule has 0 saturated carbocycles. The van der Waals surface area contributed by atoms with Crippen molar-refractivity contribution in [3.05, 3.63) is 18.0 Å². The second kappa shape index (κ2) is 16.7. The number of imidazole rings is 1. The maximum atomic E-state index is 12.2. The average Bonchev–Trinajstić information content (AvgIpc) is 3.34. The lowest BCUT2D eigenvalue weighted by Gasteiger charge is -2.33. The zero-order chi connectivity index (χ0) is 28.9. The standard InChI is InChI=1S/C31H53N5O4/c1-6-11-19-35-27-23-25(39-21-14-17-33(7-2)8-3)24-28(40-22-15-18-34(9-4)10-5)29(27)32-30(35)26-16-12-13-20-36(26)31(37)38/h23-24,26H,6-22H2,1-5H3,(H,37,38). The number of aromatic nitrogens is 2. The summed E-state index contributed by atoms with van der Waals surface area (Å²) >= 11 is 0. The number of likely N-dealkylation sites (tertiary alicyclic amines) is 1. The number of nitrogens with zero attached hydrogens (tertiary/aromatic N) is 5. The van der Waals surface area contributed by atoms with Crippen LogP contribution in [0, 0.1) is 0 Å². The molecule has 1 atom stereocenters. The number of rotatable bonds is 18. The minimum absolute atomic E-state index is 0.246. The first-order chi connectivity index (χ1) is 19.5. The van der Waals surface area contributed by atoms with E-state index >= 15 is 0 Å². The van der Waals surface area contributed by atoms with E-state index < -0.39 is 6.09 Å². The number of benzene rings is 1. The smallest absolute Gasteiger partial charge is 0.407 e. The van der Waals surface area contributed by atoms with Crippen LogP contribution >= 0.6 is 0 Å². The van der Waals surface area contributed by atoms with Crippen LogP contribution in [0.1, 0.15) is 91.4 Å². The topological polar surface area (TPSA) is 83.3 Å². The maximum absolute atomic E-state index is 12.2. The van der Waals surface area contributed by atoms with E-state index in [1.807, 2.05) is 6.07 Å². The Hall–Kier alpha value is -2.52. The van der Waals surface area contributed by atoms with Gasteiger partial charge >= 0.3 is 6.09 Å². The van der Waals surface area contributed by atoms with Crippen LogP contribution in [0.5, 0.6) is 11.5 Å². The van der Waals surface area contributed by atoms with Crippen LogP contribution in [-0.4, -0.2) is 94.5 Å². The van der Waals surface area contributed by atoms with Gasteiger partial charge in [0.05, 0.1) is 24.8 Å². The largest absolute Gasteiger partial charge is 0.493 e. The lowest BCUT2D eigenvalue weighted by atomic mass is 10.0. The highest BCUT2D eigenvalue weighted by Crippen LogP contribution is 2.37. The molecule has 1 aromatic carbocycles. The van der Waals surface area contributed by atoms with E-state index in [-0.39, 0.29) is 6.04 Å². The van der Waals surface area contributed by atoms with Crippen molar-refractivity contribution >= 4 is 17.1 Å². The van der Waals surface area contributed by atoms with Gasteiger partial charge in [0.25, 0.3) is 0 Å². The third-order valence-electron chi connectivity index (χ3n) is 8.16. The van der Waals surface area contributed by atoms with Crippen LogP contribution in [0.15, 0.2) is 12.1 Å². The summed E-state index contributed by atoms with van der Waals surface area (Å²) in [5.74, 6) is 2.34. The van der Waals surface area contributed by atoms with Crippen molar-refractivity contribution in [2.75, 3.05) is 59.0 Å². The van der Waals surface area contributed by atoms with Crippen molar-refractivity contribution in [1.29, 1.82) is 0 Å². The molecule has 2 aromatic rings. The monoisotopic (exact) mass is 559 g/mol. The second-order valence-electron chi connectivity index (χ2n) is 10.7. The zero-order valence-corrected chi connectivity index (χ0v) is 25.7. The van der Waals surface area contributed by atoms with E-state index in [4.69, 9.17) is 14.5 Å². The van der Waals surface area contributed by atoms with Crippen LogP contribution in [-0.2, 0) is 6.54 Å². The van der Waals surface area contributed by atoms with Crippen LogP contribution in [0.2, 0.25) is 0 Å². The molecule has 9 nitrogen and oxygen atoms in total. The van der Waals surface area contributed by atoms with Gasteiger partial charge in [-0.15, -0.1) is 0 Å². The molecule has 1 aliphatic rings. The Labute approximate surface area is 241 Å². The highest BCUT2D eigenvalue weighted by atomic mass is 16.5. The van der Waals surface area contributed by atoms with Crippen LogP contribution in [0.25, 0.3) is 11.0 Å². The van der Waals surface area contributed by atoms with E-state index in [0.29, 0.717) is 19.8 Å². The fourth-order valence-electron chi connectivity index (χ4n) is 5.64. The fourth-order valence-corrected chi connectivity index (χ4v) is 5.64. The molecule has 1 fully saturated rings. The number of hydrogen-bond donors (Lipinski definition) is 1. The summed E-state index contributed by atoms with van der Waals surface area (Å²) in [5, 5.41) is 9.97. The number of hydrogen-bond acceptors (Lipinski definition) is 6. The van der Waals surface area contributed by atoms with E-state index in [1.54, 1.807) is 4.90 Å². The van der Waals surface area contributed by atoms with E-state index in [1.165, 1.54) is 0 Å². The predicted molar refractivity (Wildman–Crippen MR) is 162 cm³/mol. The summed E-state index contributed by atoms with van der Waals surface area (Å²) in [5.41, 5.74) is 1.78. The maximum Gasteiger partial charge on any atom is 0.407 e. The fraction of sp³-hybridized carbons (Fsp3) is 0.742. The third-order valence-corrected chi connectivity index (χ3v) is 8.16. The summed E-state index contributed by atoms with van der Waals surface area (Å²) in [6.07, 6.45) is 5.73. The van der Waals surface area contributed by atoms with E-state index in [9.17, 15) is 9.90 Å². The van der Waals surface area contributed by atoms with Gasteiger partial charge in [-0.3, -0.25) is 4.90 Å². The van der Waals surface area contributed by atoms with Gasteiger partial charge in [-0.2, -0.15) is 0 Å². The molecule has 1 N–H and O–H groups in total. The molecule has 0 radical (unpaired) electrons. The number of carboxylic acid groups (broad SMARTS) is 1. The Balaban J connectivity index is 1.94. The van der Waals surface area contributed by atoms with Crippen molar-refractivity contribution in [3.8, 4) is 11.5 Å². The molecule has 1 amide bonds. The summed E-state index contributed by atoms with van der Waals surface area (Å²) in [6.45, 7) is 19.6. The molecule has 0 spiro atoms. The molecular weight excluding hydrogens is 506 g/mol. The normalized spacial score (nSPS) is 15.9. The van der Waals surface area contributed by atoms with Crippen LogP contribution < -0.4 is 9.47 Å². The lowest BCUT2D eigenvalue weighted by Crippen LogP contribution is -2.38. The van der Waals surface area contributed by atoms with Gasteiger partial charge in [-0.05, 0) is 64.7 Å². The van der Waals surface area contributed by atoms with Gasteiger partial charge in [-0.1, -0.05) is 41.0 Å². The molecule has 1 aliphatic heterocycles. The molecular formula is C31H53N5O4. The molecule has 40 heavy (non-hydrogen) atoms. The summed E-state index contributed by atoms with van der Waals surface area (Å²) in [4.78, 5) is 23.6. The second-order valence-corrected chi connectivity index (χ2v) is 10.7. The quantitative estimate of drug-likeness (QED) is 0.216. The highest BCUT2D eigenvalue weighted by Gasteiger charge is 2.32. The highest BCUT2D eigenvalue weighted by molar-refractivity contribution is 5.84. The molecule has 1 unspecified atom stereocenters. The number of unbranched alkanes of at least 4 members (excludes halogenated alkanes) is 1. The molecule has 3 rings (SSSR count). The number of ether oxygens (including phenoxy) is 2. The van der Waals surface area contributed by atoms with Crippen molar-refractivity contribution in [2.45, 2.75) is 92.2 Å². The minimum atomic E-state index is -0.871. The van der Waals surface area contributed by atoms with Gasteiger partial charge in [-0.25, -0.2) is 9.78 Å². The molecule has 2 heterocycles. The average molecular weight is 560 g/mol. The predicted octanol–water partition coefficient (Wildman–Crippen LogP) is 6.26. The summed E-state index contributed by atoms with van der Waals surface area (Å²) in [6, 6.07) is 3.81. The molecule has 226 valence electrons. The van der Waals surface area contributed by atoms with Gasteiger partial charge in [0.15, 0.2) is 5.75 Å². The summed E-state index contributed by atoms with van der Waals surface area (Å²) < 4.78 is 14.9. The first kappa shape index (κ1) is 32.0. The Morgan fingerprint density at radius 1 is 0.950 bits per heavy atom. The number of carbonyl (C=O) groups is 1. The first-order valence-electron chi connectivity index (χ1n) is 15.7. The minimum Gasteiger partial charge on any atom is -0.493 e. The van der Waals surface area contributed by atoms with Gasteiger partial charge in [0.2, 0.25) is 0 Å². The number of aryl methyl sites for hydroxylation is 1. The zero-order valence-electron chi connectivity index (χ0n) is 25.7. The van der Waals surface area contributed by atoms with Crippen LogP contribution in [0.3, 0.4) is 0 Å². The number of fused-ring (bicyclic) bond motifs is 1. The lowest BCUT2D eigenvalue weighted by molar-refractivity contribution is 0.102. The number of piperidine rings is 1. The Morgan fingerprint density at radius 3 is 2.20 bits per heavy atom. The van der Waals surface area contributed by atoms with Crippen molar-refractivity contribution in [2.24, 2.45) is 0 Å². The van der Waals surface area contributed by atoms with Gasteiger partial charge in [0, 0.05) is 38.3 Å². The van der Waals surface area contributed by atoms with Crippen LogP contribution in [0.4, 0.5) is 4.79 Å². The van der Waals surface area contributed by atoms with E-state index in [2.05, 4.69) is 55.1 Å². The molecule has 1 aromatic heterocycles.